The van der Waals surface area contributed by atoms with Crippen LogP contribution in [-0.4, -0.2) is 19.5 Å². The smallest absolute Gasteiger partial charge is 0.224 e. The van der Waals surface area contributed by atoms with Crippen LogP contribution in [0.3, 0.4) is 0 Å². The highest BCUT2D eigenvalue weighted by Crippen LogP contribution is 2.25. The first-order valence-corrected chi connectivity index (χ1v) is 6.20. The van der Waals surface area contributed by atoms with Gasteiger partial charge in [0.05, 0.1) is 10.7 Å². The quantitative estimate of drug-likeness (QED) is 0.821. The molecule has 1 aromatic rings. The number of benzene rings is 1. The van der Waals surface area contributed by atoms with E-state index in [1.54, 1.807) is 12.1 Å². The van der Waals surface area contributed by atoms with Crippen molar-refractivity contribution in [1.29, 1.82) is 0 Å². The van der Waals surface area contributed by atoms with E-state index in [1.165, 1.54) is 0 Å². The van der Waals surface area contributed by atoms with Crippen molar-refractivity contribution in [1.82, 2.24) is 5.32 Å². The number of nitrogens with one attached hydrogen (secondary N) is 2. The molecule has 0 spiro atoms. The monoisotopic (exact) mass is 304 g/mol. The Morgan fingerprint density at radius 2 is 2.25 bits per heavy atom. The van der Waals surface area contributed by atoms with Crippen molar-refractivity contribution >= 4 is 39.1 Å². The summed E-state index contributed by atoms with van der Waals surface area (Å²) in [6.45, 7) is 0.833. The highest BCUT2D eigenvalue weighted by molar-refractivity contribution is 9.10. The Labute approximate surface area is 109 Å². The fraction of sp³-hybridized carbons (Fsp3) is 0.364. The molecule has 0 aliphatic carbocycles. The molecule has 0 saturated carbocycles. The molecule has 16 heavy (non-hydrogen) atoms. The summed E-state index contributed by atoms with van der Waals surface area (Å²) in [6, 6.07) is 5.37. The number of amides is 1. The summed E-state index contributed by atoms with van der Waals surface area (Å²) in [7, 11) is 1.86. The second kappa shape index (κ2) is 6.89. The molecule has 1 aromatic carbocycles. The highest BCUT2D eigenvalue weighted by Gasteiger charge is 2.05. The summed E-state index contributed by atoms with van der Waals surface area (Å²) in [5, 5.41) is 6.32. The van der Waals surface area contributed by atoms with E-state index in [1.807, 2.05) is 13.1 Å². The molecule has 0 fully saturated rings. The molecular weight excluding hydrogens is 291 g/mol. The van der Waals surface area contributed by atoms with Gasteiger partial charge in [0.1, 0.15) is 0 Å². The van der Waals surface area contributed by atoms with Gasteiger partial charge >= 0.3 is 0 Å². The normalized spacial score (nSPS) is 10.2. The third-order valence-electron chi connectivity index (χ3n) is 2.03. The molecule has 0 radical (unpaired) electrons. The Morgan fingerprint density at radius 3 is 2.94 bits per heavy atom. The minimum atomic E-state index is -0.0183. The van der Waals surface area contributed by atoms with Gasteiger partial charge in [-0.1, -0.05) is 27.5 Å². The molecule has 3 nitrogen and oxygen atoms in total. The van der Waals surface area contributed by atoms with E-state index < -0.39 is 0 Å². The Hall–Kier alpha value is -0.580. The molecule has 0 heterocycles. The maximum atomic E-state index is 11.5. The third kappa shape index (κ3) is 4.51. The van der Waals surface area contributed by atoms with Crippen LogP contribution in [0.1, 0.15) is 12.8 Å². The second-order valence-electron chi connectivity index (χ2n) is 3.38. The van der Waals surface area contributed by atoms with E-state index in [2.05, 4.69) is 26.6 Å². The average molecular weight is 306 g/mol. The Bertz CT molecular complexity index is 371. The summed E-state index contributed by atoms with van der Waals surface area (Å²) >= 11 is 9.28. The lowest BCUT2D eigenvalue weighted by molar-refractivity contribution is -0.116. The van der Waals surface area contributed by atoms with Gasteiger partial charge in [-0.3, -0.25) is 4.79 Å². The van der Waals surface area contributed by atoms with E-state index in [-0.39, 0.29) is 5.91 Å². The van der Waals surface area contributed by atoms with Crippen LogP contribution in [-0.2, 0) is 4.79 Å². The van der Waals surface area contributed by atoms with Gasteiger partial charge in [0, 0.05) is 10.9 Å². The molecular formula is C11H14BrClN2O. The van der Waals surface area contributed by atoms with Crippen molar-refractivity contribution in [2.75, 3.05) is 18.9 Å². The number of hydrogen-bond donors (Lipinski definition) is 2. The molecule has 0 saturated heterocycles. The fourth-order valence-corrected chi connectivity index (χ4v) is 1.76. The largest absolute Gasteiger partial charge is 0.325 e. The van der Waals surface area contributed by atoms with Crippen LogP contribution in [0, 0.1) is 0 Å². The Balaban J connectivity index is 2.52. The van der Waals surface area contributed by atoms with E-state index in [0.717, 1.165) is 17.4 Å². The van der Waals surface area contributed by atoms with Gasteiger partial charge < -0.3 is 10.6 Å². The van der Waals surface area contributed by atoms with Crippen molar-refractivity contribution < 1.29 is 4.79 Å². The molecule has 88 valence electrons. The molecule has 0 unspecified atom stereocenters. The van der Waals surface area contributed by atoms with Gasteiger partial charge in [0.2, 0.25) is 5.91 Å². The Morgan fingerprint density at radius 1 is 1.50 bits per heavy atom. The zero-order chi connectivity index (χ0) is 12.0. The molecule has 1 amide bonds. The summed E-state index contributed by atoms with van der Waals surface area (Å²) in [4.78, 5) is 11.5. The first-order chi connectivity index (χ1) is 7.63. The number of carbonyl (C=O) groups excluding carboxylic acids is 1. The minimum Gasteiger partial charge on any atom is -0.325 e. The molecule has 0 bridgehead atoms. The molecule has 1 rings (SSSR count). The summed E-state index contributed by atoms with van der Waals surface area (Å²) in [6.07, 6.45) is 1.30. The lowest BCUT2D eigenvalue weighted by Crippen LogP contribution is -2.15. The zero-order valence-corrected chi connectivity index (χ0v) is 11.4. The third-order valence-corrected chi connectivity index (χ3v) is 2.86. The molecule has 0 aliphatic heterocycles. The van der Waals surface area contributed by atoms with Crippen LogP contribution in [0.2, 0.25) is 5.02 Å². The van der Waals surface area contributed by atoms with Crippen molar-refractivity contribution in [3.05, 3.63) is 27.7 Å². The van der Waals surface area contributed by atoms with Gasteiger partial charge in [-0.2, -0.15) is 0 Å². The van der Waals surface area contributed by atoms with Gasteiger partial charge in [-0.05, 0) is 38.2 Å². The van der Waals surface area contributed by atoms with E-state index in [4.69, 9.17) is 11.6 Å². The van der Waals surface area contributed by atoms with Crippen LogP contribution in [0.4, 0.5) is 5.69 Å². The van der Waals surface area contributed by atoms with Crippen LogP contribution >= 0.6 is 27.5 Å². The predicted molar refractivity (Wildman–Crippen MR) is 70.9 cm³/mol. The average Bonchev–Trinajstić information content (AvgIpc) is 2.24. The number of hydrogen-bond acceptors (Lipinski definition) is 2. The molecule has 0 aliphatic rings. The number of rotatable bonds is 5. The SMILES string of the molecule is CNCCCC(=O)Nc1cc(Br)ccc1Cl. The first-order valence-electron chi connectivity index (χ1n) is 5.03. The Kier molecular flexibility index (Phi) is 5.80. The van der Waals surface area contributed by atoms with Gasteiger partial charge in [-0.15, -0.1) is 0 Å². The van der Waals surface area contributed by atoms with E-state index in [9.17, 15) is 4.79 Å². The maximum Gasteiger partial charge on any atom is 0.224 e. The lowest BCUT2D eigenvalue weighted by Gasteiger charge is -2.07. The summed E-state index contributed by atoms with van der Waals surface area (Å²) in [5.41, 5.74) is 0.644. The number of anilines is 1. The number of carbonyl (C=O) groups is 1. The van der Waals surface area contributed by atoms with Crippen molar-refractivity contribution in [2.24, 2.45) is 0 Å². The predicted octanol–water partition coefficient (Wildman–Crippen LogP) is 3.04. The van der Waals surface area contributed by atoms with Crippen molar-refractivity contribution in [3.63, 3.8) is 0 Å². The van der Waals surface area contributed by atoms with Gasteiger partial charge in [0.25, 0.3) is 0 Å². The van der Waals surface area contributed by atoms with Crippen LogP contribution in [0.25, 0.3) is 0 Å². The van der Waals surface area contributed by atoms with Gasteiger partial charge in [-0.25, -0.2) is 0 Å². The van der Waals surface area contributed by atoms with E-state index >= 15 is 0 Å². The molecule has 0 aromatic heterocycles. The molecule has 0 atom stereocenters. The molecule has 5 heteroatoms. The van der Waals surface area contributed by atoms with E-state index in [0.29, 0.717) is 17.1 Å². The summed E-state index contributed by atoms with van der Waals surface area (Å²) < 4.78 is 0.891. The topological polar surface area (TPSA) is 41.1 Å². The summed E-state index contributed by atoms with van der Waals surface area (Å²) in [5.74, 6) is -0.0183. The second-order valence-corrected chi connectivity index (χ2v) is 4.70. The first kappa shape index (κ1) is 13.5. The van der Waals surface area contributed by atoms with Crippen molar-refractivity contribution in [3.8, 4) is 0 Å². The van der Waals surface area contributed by atoms with Crippen molar-refractivity contribution in [2.45, 2.75) is 12.8 Å². The standard InChI is InChI=1S/C11H14BrClN2O/c1-14-6-2-3-11(16)15-10-7-8(12)4-5-9(10)13/h4-5,7,14H,2-3,6H2,1H3,(H,15,16). The zero-order valence-electron chi connectivity index (χ0n) is 9.02. The number of halogens is 2. The highest BCUT2D eigenvalue weighted by atomic mass is 79.9. The van der Waals surface area contributed by atoms with Gasteiger partial charge in [0.15, 0.2) is 0 Å². The van der Waals surface area contributed by atoms with Crippen LogP contribution in [0.15, 0.2) is 22.7 Å². The lowest BCUT2D eigenvalue weighted by atomic mass is 10.2. The molecule has 2 N–H and O–H groups in total. The maximum absolute atomic E-state index is 11.5. The fourth-order valence-electron chi connectivity index (χ4n) is 1.23. The van der Waals surface area contributed by atoms with Crippen LogP contribution < -0.4 is 10.6 Å². The minimum absolute atomic E-state index is 0.0183. The van der Waals surface area contributed by atoms with Crippen LogP contribution in [0.5, 0.6) is 0 Å².